The Bertz CT molecular complexity index is 216. The van der Waals surface area contributed by atoms with Gasteiger partial charge in [-0.25, -0.2) is 0 Å². The molecule has 3 heteroatoms. The molecule has 1 saturated heterocycles. The fourth-order valence-electron chi connectivity index (χ4n) is 2.14. The highest BCUT2D eigenvalue weighted by Crippen LogP contribution is 2.23. The third-order valence-corrected chi connectivity index (χ3v) is 3.25. The van der Waals surface area contributed by atoms with Gasteiger partial charge < -0.3 is 5.11 Å². The van der Waals surface area contributed by atoms with Crippen LogP contribution >= 0.6 is 0 Å². The Morgan fingerprint density at radius 2 is 2.20 bits per heavy atom. The van der Waals surface area contributed by atoms with Crippen LogP contribution in [0.15, 0.2) is 0 Å². The molecule has 1 aliphatic rings. The number of hydrogen-bond donors (Lipinski definition) is 1. The molecule has 3 nitrogen and oxygen atoms in total. The van der Waals surface area contributed by atoms with Crippen LogP contribution in [-0.4, -0.2) is 35.1 Å². The summed E-state index contributed by atoms with van der Waals surface area (Å²) in [6.45, 7) is 8.40. The molecule has 1 aliphatic heterocycles. The maximum absolute atomic E-state index is 11.1. The van der Waals surface area contributed by atoms with E-state index in [1.165, 1.54) is 0 Å². The zero-order valence-electron chi connectivity index (χ0n) is 10.1. The predicted octanol–water partition coefficient (Wildman–Crippen LogP) is 2.22. The molecular formula is C12H23NO2. The van der Waals surface area contributed by atoms with Crippen LogP contribution in [0, 0.1) is 11.8 Å². The summed E-state index contributed by atoms with van der Waals surface area (Å²) in [4.78, 5) is 13.3. The third kappa shape index (κ3) is 3.82. The molecule has 2 atom stereocenters. The summed E-state index contributed by atoms with van der Waals surface area (Å²) < 4.78 is 0. The van der Waals surface area contributed by atoms with Crippen molar-refractivity contribution in [3.63, 3.8) is 0 Å². The van der Waals surface area contributed by atoms with E-state index in [0.717, 1.165) is 32.4 Å². The van der Waals surface area contributed by atoms with E-state index in [0.29, 0.717) is 11.8 Å². The minimum atomic E-state index is -0.648. The van der Waals surface area contributed by atoms with Gasteiger partial charge in [-0.15, -0.1) is 0 Å². The van der Waals surface area contributed by atoms with E-state index in [2.05, 4.69) is 25.7 Å². The van der Waals surface area contributed by atoms with Crippen LogP contribution in [-0.2, 0) is 4.79 Å². The zero-order chi connectivity index (χ0) is 11.4. The molecule has 0 radical (unpaired) electrons. The maximum Gasteiger partial charge on any atom is 0.320 e. The number of carboxylic acid groups (broad SMARTS) is 1. The van der Waals surface area contributed by atoms with Gasteiger partial charge in [-0.3, -0.25) is 9.69 Å². The topological polar surface area (TPSA) is 40.5 Å². The second-order valence-electron chi connectivity index (χ2n) is 5.20. The minimum absolute atomic E-state index is 0.243. The van der Waals surface area contributed by atoms with Crippen LogP contribution in [0.3, 0.4) is 0 Å². The first-order valence-corrected chi connectivity index (χ1v) is 5.97. The van der Waals surface area contributed by atoms with E-state index in [9.17, 15) is 4.79 Å². The van der Waals surface area contributed by atoms with Crippen LogP contribution in [0.2, 0.25) is 0 Å². The van der Waals surface area contributed by atoms with Crippen LogP contribution < -0.4 is 0 Å². The summed E-state index contributed by atoms with van der Waals surface area (Å²) in [7, 11) is 0. The Kier molecular flexibility index (Phi) is 4.58. The molecule has 0 aromatic rings. The summed E-state index contributed by atoms with van der Waals surface area (Å²) in [5.74, 6) is 0.561. The van der Waals surface area contributed by atoms with Crippen molar-refractivity contribution in [1.82, 2.24) is 4.90 Å². The second kappa shape index (κ2) is 5.50. The van der Waals surface area contributed by atoms with Crippen molar-refractivity contribution in [1.29, 1.82) is 0 Å². The lowest BCUT2D eigenvalue weighted by atomic mass is 9.92. The van der Waals surface area contributed by atoms with Gasteiger partial charge in [-0.1, -0.05) is 20.8 Å². The molecule has 1 heterocycles. The highest BCUT2D eigenvalue weighted by Gasteiger charge is 2.31. The fourth-order valence-corrected chi connectivity index (χ4v) is 2.14. The van der Waals surface area contributed by atoms with E-state index in [-0.39, 0.29) is 6.04 Å². The second-order valence-corrected chi connectivity index (χ2v) is 5.20. The summed E-state index contributed by atoms with van der Waals surface area (Å²) in [5.41, 5.74) is 0. The molecule has 0 bridgehead atoms. The molecule has 0 aromatic carbocycles. The Hall–Kier alpha value is -0.570. The van der Waals surface area contributed by atoms with Crippen molar-refractivity contribution in [3.05, 3.63) is 0 Å². The first kappa shape index (κ1) is 12.5. The van der Waals surface area contributed by atoms with Gasteiger partial charge in [-0.05, 0) is 44.2 Å². The highest BCUT2D eigenvalue weighted by molar-refractivity contribution is 5.73. The lowest BCUT2D eigenvalue weighted by Crippen LogP contribution is -2.47. The van der Waals surface area contributed by atoms with E-state index in [4.69, 9.17) is 5.11 Å². The summed E-state index contributed by atoms with van der Waals surface area (Å²) >= 11 is 0. The lowest BCUT2D eigenvalue weighted by molar-refractivity contribution is -0.145. The van der Waals surface area contributed by atoms with Crippen LogP contribution in [0.5, 0.6) is 0 Å². The molecule has 0 aromatic heterocycles. The molecule has 88 valence electrons. The monoisotopic (exact) mass is 213 g/mol. The van der Waals surface area contributed by atoms with Crippen LogP contribution in [0.1, 0.15) is 40.0 Å². The standard InChI is InChI=1S/C12H23NO2/c1-9(2)4-6-13-7-5-10(3)8-11(13)12(14)15/h9-11H,4-8H2,1-3H3,(H,14,15). The largest absolute Gasteiger partial charge is 0.480 e. The number of carboxylic acids is 1. The van der Waals surface area contributed by atoms with E-state index < -0.39 is 5.97 Å². The SMILES string of the molecule is CC(C)CCN1CCC(C)CC1C(=O)O. The van der Waals surface area contributed by atoms with Crippen molar-refractivity contribution in [2.24, 2.45) is 11.8 Å². The van der Waals surface area contributed by atoms with Crippen molar-refractivity contribution in [2.45, 2.75) is 46.1 Å². The van der Waals surface area contributed by atoms with Gasteiger partial charge >= 0.3 is 5.97 Å². The minimum Gasteiger partial charge on any atom is -0.480 e. The molecular weight excluding hydrogens is 190 g/mol. The van der Waals surface area contributed by atoms with Crippen molar-refractivity contribution in [3.8, 4) is 0 Å². The summed E-state index contributed by atoms with van der Waals surface area (Å²) in [5, 5.41) is 9.15. The predicted molar refractivity (Wildman–Crippen MR) is 60.8 cm³/mol. The van der Waals surface area contributed by atoms with Crippen molar-refractivity contribution >= 4 is 5.97 Å². The molecule has 15 heavy (non-hydrogen) atoms. The molecule has 1 N–H and O–H groups in total. The van der Waals surface area contributed by atoms with E-state index in [1.54, 1.807) is 0 Å². The Balaban J connectivity index is 2.49. The Morgan fingerprint density at radius 3 is 2.73 bits per heavy atom. The summed E-state index contributed by atoms with van der Waals surface area (Å²) in [6.07, 6.45) is 3.05. The van der Waals surface area contributed by atoms with Gasteiger partial charge in [-0.2, -0.15) is 0 Å². The number of rotatable bonds is 4. The third-order valence-electron chi connectivity index (χ3n) is 3.25. The highest BCUT2D eigenvalue weighted by atomic mass is 16.4. The molecule has 0 spiro atoms. The number of hydrogen-bond acceptors (Lipinski definition) is 2. The van der Waals surface area contributed by atoms with Crippen LogP contribution in [0.4, 0.5) is 0 Å². The average molecular weight is 213 g/mol. The number of piperidine rings is 1. The number of carbonyl (C=O) groups is 1. The molecule has 2 unspecified atom stereocenters. The number of aliphatic carboxylic acids is 1. The molecule has 1 fully saturated rings. The van der Waals surface area contributed by atoms with Gasteiger partial charge in [0.2, 0.25) is 0 Å². The Morgan fingerprint density at radius 1 is 1.53 bits per heavy atom. The Labute approximate surface area is 92.5 Å². The zero-order valence-corrected chi connectivity index (χ0v) is 10.1. The normalized spacial score (nSPS) is 28.3. The van der Waals surface area contributed by atoms with Crippen molar-refractivity contribution in [2.75, 3.05) is 13.1 Å². The van der Waals surface area contributed by atoms with Crippen molar-refractivity contribution < 1.29 is 9.90 Å². The van der Waals surface area contributed by atoms with Gasteiger partial charge in [0.1, 0.15) is 6.04 Å². The summed E-state index contributed by atoms with van der Waals surface area (Å²) in [6, 6.07) is -0.243. The first-order chi connectivity index (χ1) is 7.00. The van der Waals surface area contributed by atoms with Crippen LogP contribution in [0.25, 0.3) is 0 Å². The first-order valence-electron chi connectivity index (χ1n) is 5.97. The van der Waals surface area contributed by atoms with E-state index >= 15 is 0 Å². The number of likely N-dealkylation sites (tertiary alicyclic amines) is 1. The van der Waals surface area contributed by atoms with E-state index in [1.807, 2.05) is 0 Å². The fraction of sp³-hybridized carbons (Fsp3) is 0.917. The smallest absolute Gasteiger partial charge is 0.320 e. The van der Waals surface area contributed by atoms with Gasteiger partial charge in [0.15, 0.2) is 0 Å². The number of nitrogens with zero attached hydrogens (tertiary/aromatic N) is 1. The molecule has 0 aliphatic carbocycles. The quantitative estimate of drug-likeness (QED) is 0.778. The molecule has 1 rings (SSSR count). The van der Waals surface area contributed by atoms with Gasteiger partial charge in [0.25, 0.3) is 0 Å². The average Bonchev–Trinajstić information content (AvgIpc) is 2.15. The van der Waals surface area contributed by atoms with Gasteiger partial charge in [0, 0.05) is 0 Å². The lowest BCUT2D eigenvalue weighted by Gasteiger charge is -2.36. The molecule has 0 saturated carbocycles. The maximum atomic E-state index is 11.1. The van der Waals surface area contributed by atoms with Gasteiger partial charge in [0.05, 0.1) is 0 Å². The molecule has 0 amide bonds.